The largest absolute Gasteiger partial charge is 0.508 e. The van der Waals surface area contributed by atoms with Crippen molar-refractivity contribution in [2.24, 2.45) is 0 Å². The second kappa shape index (κ2) is 4.62. The Morgan fingerprint density at radius 1 is 1.00 bits per heavy atom. The molecule has 0 spiro atoms. The van der Waals surface area contributed by atoms with E-state index in [2.05, 4.69) is 0 Å². The Morgan fingerprint density at radius 3 is 2.50 bits per heavy atom. The van der Waals surface area contributed by atoms with Crippen molar-refractivity contribution < 1.29 is 19.4 Å². The molecule has 0 saturated heterocycles. The van der Waals surface area contributed by atoms with E-state index in [1.165, 1.54) is 6.07 Å². The van der Waals surface area contributed by atoms with Gasteiger partial charge >= 0.3 is 0 Å². The second-order valence-corrected chi connectivity index (χ2v) is 4.18. The number of rotatable bonds is 2. The van der Waals surface area contributed by atoms with E-state index >= 15 is 0 Å². The van der Waals surface area contributed by atoms with Crippen LogP contribution in [-0.4, -0.2) is 10.2 Å². The van der Waals surface area contributed by atoms with Gasteiger partial charge in [0, 0.05) is 12.1 Å². The third kappa shape index (κ3) is 2.16. The van der Waals surface area contributed by atoms with Crippen LogP contribution in [-0.2, 0) is 0 Å². The summed E-state index contributed by atoms with van der Waals surface area (Å²) < 4.78 is 10.8. The summed E-state index contributed by atoms with van der Waals surface area (Å²) in [6, 6.07) is 12.3. The van der Waals surface area contributed by atoms with Crippen molar-refractivity contribution in [1.82, 2.24) is 0 Å². The molecule has 3 rings (SSSR count). The molecule has 0 amide bonds. The molecule has 3 aromatic rings. The maximum absolute atomic E-state index is 11.9. The zero-order valence-electron chi connectivity index (χ0n) is 10.2. The summed E-state index contributed by atoms with van der Waals surface area (Å²) in [7, 11) is 0. The molecule has 0 atom stereocenters. The van der Waals surface area contributed by atoms with Crippen LogP contribution in [0.5, 0.6) is 23.2 Å². The van der Waals surface area contributed by atoms with Gasteiger partial charge in [0.25, 0.3) is 5.95 Å². The molecular weight excluding hydrogens is 260 g/mol. The van der Waals surface area contributed by atoms with Gasteiger partial charge in [0.15, 0.2) is 5.43 Å². The van der Waals surface area contributed by atoms with Gasteiger partial charge in [-0.25, -0.2) is 0 Å². The number of para-hydroxylation sites is 1. The number of phenolic OH excluding ortho intramolecular Hbond substituents is 2. The quantitative estimate of drug-likeness (QED) is 0.748. The van der Waals surface area contributed by atoms with E-state index in [9.17, 15) is 15.0 Å². The monoisotopic (exact) mass is 270 g/mol. The average molecular weight is 270 g/mol. The van der Waals surface area contributed by atoms with E-state index < -0.39 is 5.43 Å². The fraction of sp³-hybridized carbons (Fsp3) is 0. The predicted octanol–water partition coefficient (Wildman–Crippen LogP) is 3.00. The highest BCUT2D eigenvalue weighted by atomic mass is 16.6. The average Bonchev–Trinajstić information content (AvgIpc) is 2.38. The predicted molar refractivity (Wildman–Crippen MR) is 72.3 cm³/mol. The lowest BCUT2D eigenvalue weighted by Gasteiger charge is -2.06. The van der Waals surface area contributed by atoms with Crippen LogP contribution in [0.2, 0.25) is 0 Å². The molecule has 100 valence electrons. The molecule has 0 unspecified atom stereocenters. The Balaban J connectivity index is 2.12. The van der Waals surface area contributed by atoms with Crippen molar-refractivity contribution in [2.75, 3.05) is 0 Å². The molecule has 1 aromatic heterocycles. The summed E-state index contributed by atoms with van der Waals surface area (Å²) in [5.74, 6) is -0.0342. The van der Waals surface area contributed by atoms with E-state index in [0.29, 0.717) is 5.75 Å². The van der Waals surface area contributed by atoms with Crippen molar-refractivity contribution in [1.29, 1.82) is 0 Å². The molecule has 0 aliphatic rings. The van der Waals surface area contributed by atoms with Crippen LogP contribution in [0.1, 0.15) is 0 Å². The maximum Gasteiger partial charge on any atom is 0.294 e. The van der Waals surface area contributed by atoms with Crippen molar-refractivity contribution in [3.05, 3.63) is 58.8 Å². The number of fused-ring (bicyclic) bond motifs is 1. The fourth-order valence-electron chi connectivity index (χ4n) is 1.89. The second-order valence-electron chi connectivity index (χ2n) is 4.18. The topological polar surface area (TPSA) is 79.9 Å². The lowest BCUT2D eigenvalue weighted by Crippen LogP contribution is -2.00. The first kappa shape index (κ1) is 12.1. The number of hydrogen-bond donors (Lipinski definition) is 2. The van der Waals surface area contributed by atoms with Crippen LogP contribution in [0.25, 0.3) is 11.0 Å². The molecule has 5 nitrogen and oxygen atoms in total. The number of phenols is 2. The molecule has 0 bridgehead atoms. The Bertz CT molecular complexity index is 821. The van der Waals surface area contributed by atoms with E-state index in [-0.39, 0.29) is 28.4 Å². The molecule has 0 saturated carbocycles. The first-order chi connectivity index (χ1) is 9.63. The highest BCUT2D eigenvalue weighted by Gasteiger charge is 2.12. The molecule has 5 heteroatoms. The minimum absolute atomic E-state index is 0.00297. The summed E-state index contributed by atoms with van der Waals surface area (Å²) in [6.07, 6.45) is 0. The highest BCUT2D eigenvalue weighted by Crippen LogP contribution is 2.30. The Labute approximate surface area is 113 Å². The van der Waals surface area contributed by atoms with Crippen molar-refractivity contribution >= 4 is 11.0 Å². The smallest absolute Gasteiger partial charge is 0.294 e. The van der Waals surface area contributed by atoms with Gasteiger partial charge in [-0.3, -0.25) is 4.79 Å². The van der Waals surface area contributed by atoms with Crippen LogP contribution >= 0.6 is 0 Å². The molecule has 0 radical (unpaired) electrons. The minimum Gasteiger partial charge on any atom is -0.508 e. The maximum atomic E-state index is 11.9. The number of hydrogen-bond acceptors (Lipinski definition) is 5. The van der Waals surface area contributed by atoms with E-state index in [4.69, 9.17) is 9.15 Å². The summed E-state index contributed by atoms with van der Waals surface area (Å²) in [5.41, 5.74) is -0.393. The van der Waals surface area contributed by atoms with Gasteiger partial charge in [-0.15, -0.1) is 0 Å². The molecule has 1 heterocycles. The molecule has 0 aliphatic heterocycles. The molecule has 0 fully saturated rings. The normalized spacial score (nSPS) is 10.6. The van der Waals surface area contributed by atoms with E-state index in [0.717, 1.165) is 12.1 Å². The Kier molecular flexibility index (Phi) is 2.80. The van der Waals surface area contributed by atoms with Crippen LogP contribution in [0.4, 0.5) is 0 Å². The highest BCUT2D eigenvalue weighted by molar-refractivity contribution is 5.84. The van der Waals surface area contributed by atoms with Gasteiger partial charge in [-0.2, -0.15) is 0 Å². The lowest BCUT2D eigenvalue weighted by atomic mass is 10.2. The first-order valence-corrected chi connectivity index (χ1v) is 5.86. The third-order valence-electron chi connectivity index (χ3n) is 2.73. The molecule has 2 aromatic carbocycles. The van der Waals surface area contributed by atoms with Crippen LogP contribution in [0.3, 0.4) is 0 Å². The summed E-state index contributed by atoms with van der Waals surface area (Å²) in [4.78, 5) is 11.9. The van der Waals surface area contributed by atoms with Crippen molar-refractivity contribution in [3.8, 4) is 23.2 Å². The van der Waals surface area contributed by atoms with Crippen molar-refractivity contribution in [3.63, 3.8) is 0 Å². The molecule has 2 N–H and O–H groups in total. The standard InChI is InChI=1S/C15H10O5/c16-9-6-11(17)15-12(18)8-14(20-13(15)7-9)19-10-4-2-1-3-5-10/h1-8,16-17H. The summed E-state index contributed by atoms with van der Waals surface area (Å²) in [6.45, 7) is 0. The van der Waals surface area contributed by atoms with Gasteiger partial charge in [0.1, 0.15) is 28.2 Å². The summed E-state index contributed by atoms with van der Waals surface area (Å²) >= 11 is 0. The number of benzene rings is 2. The molecule has 0 aliphatic carbocycles. The van der Waals surface area contributed by atoms with E-state index in [1.807, 2.05) is 6.07 Å². The minimum atomic E-state index is -0.449. The third-order valence-corrected chi connectivity index (χ3v) is 2.73. The van der Waals surface area contributed by atoms with Gasteiger partial charge in [0.2, 0.25) is 0 Å². The van der Waals surface area contributed by atoms with Gasteiger partial charge in [-0.05, 0) is 12.1 Å². The zero-order chi connectivity index (χ0) is 14.1. The molecule has 20 heavy (non-hydrogen) atoms. The number of ether oxygens (including phenoxy) is 1. The summed E-state index contributed by atoms with van der Waals surface area (Å²) in [5, 5.41) is 19.1. The Morgan fingerprint density at radius 2 is 1.75 bits per heavy atom. The molecular formula is C15H10O5. The van der Waals surface area contributed by atoms with Crippen LogP contribution in [0, 0.1) is 0 Å². The first-order valence-electron chi connectivity index (χ1n) is 5.86. The van der Waals surface area contributed by atoms with Crippen LogP contribution < -0.4 is 10.2 Å². The zero-order valence-corrected chi connectivity index (χ0v) is 10.2. The van der Waals surface area contributed by atoms with Crippen molar-refractivity contribution in [2.45, 2.75) is 0 Å². The Hall–Kier alpha value is -2.95. The van der Waals surface area contributed by atoms with E-state index in [1.54, 1.807) is 24.3 Å². The van der Waals surface area contributed by atoms with Crippen LogP contribution in [0.15, 0.2) is 57.7 Å². The van der Waals surface area contributed by atoms with Gasteiger partial charge in [0.05, 0.1) is 6.07 Å². The number of aromatic hydroxyl groups is 2. The van der Waals surface area contributed by atoms with Gasteiger partial charge in [-0.1, -0.05) is 18.2 Å². The fourth-order valence-corrected chi connectivity index (χ4v) is 1.89. The SMILES string of the molecule is O=c1cc(Oc2ccccc2)oc2cc(O)cc(O)c12. The lowest BCUT2D eigenvalue weighted by molar-refractivity contribution is 0.352. The van der Waals surface area contributed by atoms with Gasteiger partial charge < -0.3 is 19.4 Å².